The summed E-state index contributed by atoms with van der Waals surface area (Å²) < 4.78 is 5.83. The number of aryl methyl sites for hydroxylation is 2. The molecule has 0 radical (unpaired) electrons. The highest BCUT2D eigenvalue weighted by atomic mass is 35.5. The van der Waals surface area contributed by atoms with Crippen molar-refractivity contribution in [3.8, 4) is 5.75 Å². The SMILES string of the molecule is CCCNC(=O)[C@@H](CC)N(Cc1ccc(Cl)c(Cl)c1)C(=O)COc1cc(C)ccc1C. The predicted molar refractivity (Wildman–Crippen MR) is 126 cm³/mol. The highest BCUT2D eigenvalue weighted by molar-refractivity contribution is 6.42. The van der Waals surface area contributed by atoms with E-state index in [2.05, 4.69) is 5.32 Å². The number of benzene rings is 2. The van der Waals surface area contributed by atoms with Crippen LogP contribution < -0.4 is 10.1 Å². The van der Waals surface area contributed by atoms with E-state index in [9.17, 15) is 9.59 Å². The zero-order chi connectivity index (χ0) is 23.0. The molecule has 0 heterocycles. The topological polar surface area (TPSA) is 58.6 Å². The van der Waals surface area contributed by atoms with Crippen LogP contribution in [0.3, 0.4) is 0 Å². The van der Waals surface area contributed by atoms with Gasteiger partial charge in [0.1, 0.15) is 11.8 Å². The van der Waals surface area contributed by atoms with Gasteiger partial charge in [-0.15, -0.1) is 0 Å². The molecule has 0 bridgehead atoms. The van der Waals surface area contributed by atoms with E-state index in [-0.39, 0.29) is 25.0 Å². The van der Waals surface area contributed by atoms with Crippen molar-refractivity contribution < 1.29 is 14.3 Å². The van der Waals surface area contributed by atoms with Gasteiger partial charge in [-0.2, -0.15) is 0 Å². The molecule has 2 amide bonds. The lowest BCUT2D eigenvalue weighted by atomic mass is 10.1. The van der Waals surface area contributed by atoms with Crippen molar-refractivity contribution in [3.63, 3.8) is 0 Å². The Morgan fingerprint density at radius 2 is 1.81 bits per heavy atom. The van der Waals surface area contributed by atoms with Crippen LogP contribution in [0.5, 0.6) is 5.75 Å². The lowest BCUT2D eigenvalue weighted by Gasteiger charge is -2.30. The summed E-state index contributed by atoms with van der Waals surface area (Å²) >= 11 is 12.2. The minimum Gasteiger partial charge on any atom is -0.483 e. The third-order valence-electron chi connectivity index (χ3n) is 4.97. The maximum atomic E-state index is 13.2. The van der Waals surface area contributed by atoms with E-state index >= 15 is 0 Å². The first-order valence-electron chi connectivity index (χ1n) is 10.5. The average Bonchev–Trinajstić information content (AvgIpc) is 2.74. The van der Waals surface area contributed by atoms with Crippen LogP contribution in [-0.4, -0.2) is 35.9 Å². The highest BCUT2D eigenvalue weighted by Crippen LogP contribution is 2.24. The lowest BCUT2D eigenvalue weighted by molar-refractivity contribution is -0.143. The maximum Gasteiger partial charge on any atom is 0.261 e. The molecule has 0 aliphatic rings. The van der Waals surface area contributed by atoms with E-state index < -0.39 is 6.04 Å². The number of hydrogen-bond donors (Lipinski definition) is 1. The second-order valence-corrected chi connectivity index (χ2v) is 8.36. The molecule has 2 aromatic rings. The predicted octanol–water partition coefficient (Wildman–Crippen LogP) is 5.32. The molecule has 0 saturated heterocycles. The molecule has 5 nitrogen and oxygen atoms in total. The molecule has 7 heteroatoms. The first-order chi connectivity index (χ1) is 14.8. The van der Waals surface area contributed by atoms with E-state index in [1.807, 2.05) is 45.9 Å². The molecule has 0 spiro atoms. The van der Waals surface area contributed by atoms with Crippen molar-refractivity contribution in [2.24, 2.45) is 0 Å². The van der Waals surface area contributed by atoms with Gasteiger partial charge in [0, 0.05) is 13.1 Å². The van der Waals surface area contributed by atoms with E-state index in [1.54, 1.807) is 23.1 Å². The van der Waals surface area contributed by atoms with Crippen molar-refractivity contribution in [2.45, 2.75) is 53.1 Å². The summed E-state index contributed by atoms with van der Waals surface area (Å²) in [5.74, 6) is 0.210. The van der Waals surface area contributed by atoms with E-state index in [4.69, 9.17) is 27.9 Å². The normalized spacial score (nSPS) is 11.7. The smallest absolute Gasteiger partial charge is 0.261 e. The van der Waals surface area contributed by atoms with Crippen molar-refractivity contribution in [1.82, 2.24) is 10.2 Å². The van der Waals surface area contributed by atoms with Gasteiger partial charge in [0.15, 0.2) is 6.61 Å². The molecule has 31 heavy (non-hydrogen) atoms. The minimum atomic E-state index is -0.615. The number of nitrogens with one attached hydrogen (secondary N) is 1. The van der Waals surface area contributed by atoms with Crippen LogP contribution in [0, 0.1) is 13.8 Å². The van der Waals surface area contributed by atoms with E-state index in [0.29, 0.717) is 28.8 Å². The zero-order valence-corrected chi connectivity index (χ0v) is 20.0. The van der Waals surface area contributed by atoms with Gasteiger partial charge in [0.2, 0.25) is 5.91 Å². The largest absolute Gasteiger partial charge is 0.483 e. The van der Waals surface area contributed by atoms with Crippen LogP contribution in [0.25, 0.3) is 0 Å². The molecule has 2 aromatic carbocycles. The molecule has 0 aliphatic carbocycles. The Bertz CT molecular complexity index is 918. The molecular weight excluding hydrogens is 435 g/mol. The van der Waals surface area contributed by atoms with Crippen LogP contribution in [-0.2, 0) is 16.1 Å². The molecule has 2 rings (SSSR count). The average molecular weight is 465 g/mol. The molecule has 1 atom stereocenters. The highest BCUT2D eigenvalue weighted by Gasteiger charge is 2.29. The summed E-state index contributed by atoms with van der Waals surface area (Å²) in [5, 5.41) is 3.74. The fraction of sp³-hybridized carbons (Fsp3) is 0.417. The van der Waals surface area contributed by atoms with Gasteiger partial charge in [-0.3, -0.25) is 9.59 Å². The van der Waals surface area contributed by atoms with Crippen LogP contribution >= 0.6 is 23.2 Å². The number of rotatable bonds is 10. The number of ether oxygens (including phenoxy) is 1. The Morgan fingerprint density at radius 1 is 1.06 bits per heavy atom. The Balaban J connectivity index is 2.25. The van der Waals surface area contributed by atoms with E-state index in [1.165, 1.54) is 0 Å². The third kappa shape index (κ3) is 7.15. The Labute approximate surface area is 194 Å². The van der Waals surface area contributed by atoms with Gasteiger partial charge in [0.25, 0.3) is 5.91 Å². The minimum absolute atomic E-state index is 0.164. The first-order valence-corrected chi connectivity index (χ1v) is 11.2. The van der Waals surface area contributed by atoms with Crippen LogP contribution in [0.15, 0.2) is 36.4 Å². The maximum absolute atomic E-state index is 13.2. The van der Waals surface area contributed by atoms with Crippen molar-refractivity contribution in [2.75, 3.05) is 13.2 Å². The summed E-state index contributed by atoms with van der Waals surface area (Å²) in [7, 11) is 0. The lowest BCUT2D eigenvalue weighted by Crippen LogP contribution is -2.50. The molecule has 0 aliphatic heterocycles. The Morgan fingerprint density at radius 3 is 2.45 bits per heavy atom. The number of hydrogen-bond acceptors (Lipinski definition) is 3. The Hall–Kier alpha value is -2.24. The number of amides is 2. The van der Waals surface area contributed by atoms with Crippen LogP contribution in [0.1, 0.15) is 43.4 Å². The molecule has 0 fully saturated rings. The van der Waals surface area contributed by atoms with Gasteiger partial charge in [-0.1, -0.05) is 55.2 Å². The van der Waals surface area contributed by atoms with Crippen molar-refractivity contribution in [3.05, 3.63) is 63.1 Å². The second-order valence-electron chi connectivity index (χ2n) is 7.54. The zero-order valence-electron chi connectivity index (χ0n) is 18.5. The van der Waals surface area contributed by atoms with Crippen LogP contribution in [0.4, 0.5) is 0 Å². The molecular formula is C24H30Cl2N2O3. The summed E-state index contributed by atoms with van der Waals surface area (Å²) in [6, 6.07) is 10.4. The number of halogens is 2. The van der Waals surface area contributed by atoms with Gasteiger partial charge in [-0.25, -0.2) is 0 Å². The fourth-order valence-electron chi connectivity index (χ4n) is 3.21. The molecule has 0 saturated carbocycles. The van der Waals surface area contributed by atoms with Crippen LogP contribution in [0.2, 0.25) is 10.0 Å². The fourth-order valence-corrected chi connectivity index (χ4v) is 3.53. The monoisotopic (exact) mass is 464 g/mol. The second kappa shape index (κ2) is 12.0. The quantitative estimate of drug-likeness (QED) is 0.517. The first kappa shape index (κ1) is 25.0. The van der Waals surface area contributed by atoms with Crippen molar-refractivity contribution >= 4 is 35.0 Å². The standard InChI is InChI=1S/C24H30Cl2N2O3/c1-5-11-27-24(30)21(6-2)28(14-18-9-10-19(25)20(26)13-18)23(29)15-31-22-12-16(3)7-8-17(22)4/h7-10,12-13,21H,5-6,11,14-15H2,1-4H3,(H,27,30)/t21-/m1/s1. The molecule has 0 unspecified atom stereocenters. The Kier molecular flexibility index (Phi) is 9.66. The van der Waals surface area contributed by atoms with Gasteiger partial charge in [0.05, 0.1) is 10.0 Å². The number of carbonyl (C=O) groups excluding carboxylic acids is 2. The molecule has 1 N–H and O–H groups in total. The van der Waals surface area contributed by atoms with Crippen molar-refractivity contribution in [1.29, 1.82) is 0 Å². The van der Waals surface area contributed by atoms with Gasteiger partial charge in [-0.05, 0) is 61.6 Å². The summed E-state index contributed by atoms with van der Waals surface area (Å²) in [4.78, 5) is 27.5. The summed E-state index contributed by atoms with van der Waals surface area (Å²) in [6.45, 7) is 8.39. The van der Waals surface area contributed by atoms with Gasteiger partial charge < -0.3 is 15.0 Å². The summed E-state index contributed by atoms with van der Waals surface area (Å²) in [5.41, 5.74) is 2.78. The van der Waals surface area contributed by atoms with Gasteiger partial charge >= 0.3 is 0 Å². The molecule has 0 aromatic heterocycles. The summed E-state index contributed by atoms with van der Waals surface area (Å²) in [6.07, 6.45) is 1.30. The molecule has 168 valence electrons. The van der Waals surface area contributed by atoms with E-state index in [0.717, 1.165) is 23.1 Å². The number of carbonyl (C=O) groups is 2. The number of nitrogens with zero attached hydrogens (tertiary/aromatic N) is 1. The third-order valence-corrected chi connectivity index (χ3v) is 5.71.